The van der Waals surface area contributed by atoms with Gasteiger partial charge in [-0.25, -0.2) is 0 Å². The fourth-order valence-electron chi connectivity index (χ4n) is 3.36. The van der Waals surface area contributed by atoms with Gasteiger partial charge in [0.25, 0.3) is 17.7 Å². The first-order chi connectivity index (χ1) is 17.2. The molecular formula is C23H23ClN4O8. The van der Waals surface area contributed by atoms with Crippen molar-refractivity contribution in [2.75, 3.05) is 27.4 Å². The number of carbonyl (C=O) groups excluding carboxylic acids is 5. The Labute approximate surface area is 210 Å². The van der Waals surface area contributed by atoms with E-state index in [1.54, 1.807) is 30.3 Å². The van der Waals surface area contributed by atoms with Crippen molar-refractivity contribution in [2.24, 2.45) is 5.92 Å². The highest BCUT2D eigenvalue weighted by molar-refractivity contribution is 6.33. The average molecular weight is 519 g/mol. The van der Waals surface area contributed by atoms with Crippen molar-refractivity contribution in [3.05, 3.63) is 58.6 Å². The summed E-state index contributed by atoms with van der Waals surface area (Å²) in [5.41, 5.74) is 6.93. The van der Waals surface area contributed by atoms with Gasteiger partial charge in [0.15, 0.2) is 6.61 Å². The van der Waals surface area contributed by atoms with Crippen molar-refractivity contribution >= 4 is 41.2 Å². The Hall–Kier alpha value is -4.32. The van der Waals surface area contributed by atoms with Crippen LogP contribution in [0.2, 0.25) is 5.02 Å². The maximum atomic E-state index is 12.8. The van der Waals surface area contributed by atoms with Crippen molar-refractivity contribution in [1.29, 1.82) is 0 Å². The summed E-state index contributed by atoms with van der Waals surface area (Å²) in [4.78, 5) is 61.5. The molecule has 0 aliphatic carbocycles. The smallest absolute Gasteiger partial charge is 0.311 e. The number of hydrazine groups is 2. The standard InChI is InChI=1S/C23H23ClN4O8/c1-34-16-8-5-9-17(35-2)20(16)22(32)27-28-11-13(10-19(28)30)23(33)36-12-18(29)25-26-21(31)14-6-3-4-7-15(14)24/h3-9,13H,10-12H2,1-2H3,(H,25,29)(H,26,31)(H,27,32)/t13-/m1/s1. The van der Waals surface area contributed by atoms with E-state index in [1.165, 1.54) is 26.4 Å². The van der Waals surface area contributed by atoms with E-state index < -0.39 is 42.1 Å². The highest BCUT2D eigenvalue weighted by atomic mass is 35.5. The minimum absolute atomic E-state index is 0.0804. The van der Waals surface area contributed by atoms with Crippen LogP contribution < -0.4 is 25.8 Å². The molecule has 1 aliphatic heterocycles. The molecule has 13 heteroatoms. The summed E-state index contributed by atoms with van der Waals surface area (Å²) >= 11 is 5.92. The van der Waals surface area contributed by atoms with E-state index in [-0.39, 0.29) is 40.6 Å². The van der Waals surface area contributed by atoms with Crippen LogP contribution in [0.1, 0.15) is 27.1 Å². The van der Waals surface area contributed by atoms with Crippen molar-refractivity contribution in [1.82, 2.24) is 21.3 Å². The van der Waals surface area contributed by atoms with Gasteiger partial charge in [-0.15, -0.1) is 0 Å². The molecule has 1 atom stereocenters. The van der Waals surface area contributed by atoms with Crippen LogP contribution in [0.3, 0.4) is 0 Å². The number of nitrogens with one attached hydrogen (secondary N) is 3. The summed E-state index contributed by atoms with van der Waals surface area (Å²) in [7, 11) is 2.77. The lowest BCUT2D eigenvalue weighted by atomic mass is 10.1. The molecule has 0 bridgehead atoms. The maximum absolute atomic E-state index is 12.8. The molecule has 3 N–H and O–H groups in total. The molecule has 36 heavy (non-hydrogen) atoms. The number of rotatable bonds is 8. The van der Waals surface area contributed by atoms with Crippen molar-refractivity contribution < 1.29 is 38.2 Å². The quantitative estimate of drug-likeness (QED) is 0.343. The van der Waals surface area contributed by atoms with E-state index >= 15 is 0 Å². The zero-order chi connectivity index (χ0) is 26.2. The van der Waals surface area contributed by atoms with E-state index in [2.05, 4.69) is 16.3 Å². The monoisotopic (exact) mass is 518 g/mol. The van der Waals surface area contributed by atoms with E-state index in [0.717, 1.165) is 5.01 Å². The van der Waals surface area contributed by atoms with Crippen LogP contribution in [0.4, 0.5) is 0 Å². The second-order valence-electron chi connectivity index (χ2n) is 7.47. The number of carbonyl (C=O) groups is 5. The van der Waals surface area contributed by atoms with Gasteiger partial charge in [-0.2, -0.15) is 0 Å². The molecule has 12 nitrogen and oxygen atoms in total. The van der Waals surface area contributed by atoms with Crippen LogP contribution in [0.15, 0.2) is 42.5 Å². The van der Waals surface area contributed by atoms with Gasteiger partial charge in [-0.3, -0.25) is 45.3 Å². The number of hydrogen-bond donors (Lipinski definition) is 3. The number of ether oxygens (including phenoxy) is 3. The second-order valence-corrected chi connectivity index (χ2v) is 7.88. The van der Waals surface area contributed by atoms with Gasteiger partial charge in [0, 0.05) is 6.42 Å². The lowest BCUT2D eigenvalue weighted by Crippen LogP contribution is -2.44. The molecule has 2 aromatic rings. The van der Waals surface area contributed by atoms with Crippen LogP contribution in [0.25, 0.3) is 0 Å². The third-order valence-corrected chi connectivity index (χ3v) is 5.46. The van der Waals surface area contributed by atoms with Crippen LogP contribution in [0, 0.1) is 5.92 Å². The van der Waals surface area contributed by atoms with Crippen LogP contribution in [-0.2, 0) is 19.1 Å². The van der Waals surface area contributed by atoms with E-state index in [1.807, 2.05) is 0 Å². The molecule has 1 fully saturated rings. The van der Waals surface area contributed by atoms with Gasteiger partial charge in [-0.1, -0.05) is 29.8 Å². The summed E-state index contributed by atoms with van der Waals surface area (Å²) < 4.78 is 15.3. The first-order valence-corrected chi connectivity index (χ1v) is 11.0. The number of hydrogen-bond acceptors (Lipinski definition) is 8. The zero-order valence-corrected chi connectivity index (χ0v) is 20.1. The van der Waals surface area contributed by atoms with Crippen molar-refractivity contribution in [2.45, 2.75) is 6.42 Å². The van der Waals surface area contributed by atoms with Gasteiger partial charge in [-0.05, 0) is 24.3 Å². The molecule has 1 aliphatic rings. The molecule has 2 aromatic carbocycles. The minimum atomic E-state index is -0.914. The third kappa shape index (κ3) is 6.21. The maximum Gasteiger partial charge on any atom is 0.311 e. The van der Waals surface area contributed by atoms with Gasteiger partial charge in [0.05, 0.1) is 37.3 Å². The molecule has 4 amide bonds. The molecule has 1 heterocycles. The van der Waals surface area contributed by atoms with Crippen LogP contribution in [0.5, 0.6) is 11.5 Å². The molecule has 0 radical (unpaired) electrons. The lowest BCUT2D eigenvalue weighted by Gasteiger charge is -2.19. The van der Waals surface area contributed by atoms with Crippen molar-refractivity contribution in [3.8, 4) is 11.5 Å². The zero-order valence-electron chi connectivity index (χ0n) is 19.3. The first-order valence-electron chi connectivity index (χ1n) is 10.6. The van der Waals surface area contributed by atoms with Gasteiger partial charge >= 0.3 is 5.97 Å². The Morgan fingerprint density at radius 3 is 2.28 bits per heavy atom. The molecule has 1 saturated heterocycles. The summed E-state index contributed by atoms with van der Waals surface area (Å²) in [6.45, 7) is -0.858. The number of halogens is 1. The van der Waals surface area contributed by atoms with Crippen molar-refractivity contribution in [3.63, 3.8) is 0 Å². The van der Waals surface area contributed by atoms with Gasteiger partial charge in [0.2, 0.25) is 5.91 Å². The predicted molar refractivity (Wildman–Crippen MR) is 125 cm³/mol. The van der Waals surface area contributed by atoms with Gasteiger partial charge < -0.3 is 14.2 Å². The Morgan fingerprint density at radius 2 is 1.64 bits per heavy atom. The number of amides is 4. The Bertz CT molecular complexity index is 1170. The van der Waals surface area contributed by atoms with E-state index in [0.29, 0.717) is 0 Å². The molecule has 3 rings (SSSR count). The largest absolute Gasteiger partial charge is 0.496 e. The van der Waals surface area contributed by atoms with E-state index in [9.17, 15) is 24.0 Å². The van der Waals surface area contributed by atoms with Crippen LogP contribution in [-0.4, -0.2) is 62.0 Å². The second kappa shape index (κ2) is 11.9. The summed E-state index contributed by atoms with van der Waals surface area (Å²) in [5.74, 6) is -3.90. The first kappa shape index (κ1) is 26.3. The normalized spacial score (nSPS) is 14.6. The fourth-order valence-corrected chi connectivity index (χ4v) is 3.58. The molecule has 190 valence electrons. The number of methoxy groups -OCH3 is 2. The van der Waals surface area contributed by atoms with Crippen LogP contribution >= 0.6 is 11.6 Å². The average Bonchev–Trinajstić information content (AvgIpc) is 3.25. The number of esters is 1. The molecule has 0 unspecified atom stereocenters. The van der Waals surface area contributed by atoms with E-state index in [4.69, 9.17) is 25.8 Å². The predicted octanol–water partition coefficient (Wildman–Crippen LogP) is 0.855. The fraction of sp³-hybridized carbons (Fsp3) is 0.261. The molecular weight excluding hydrogens is 496 g/mol. The van der Waals surface area contributed by atoms with Gasteiger partial charge in [0.1, 0.15) is 17.1 Å². The molecule has 0 saturated carbocycles. The highest BCUT2D eigenvalue weighted by Gasteiger charge is 2.37. The molecule has 0 aromatic heterocycles. The third-order valence-electron chi connectivity index (χ3n) is 5.13. The topological polar surface area (TPSA) is 152 Å². The molecule has 0 spiro atoms. The highest BCUT2D eigenvalue weighted by Crippen LogP contribution is 2.28. The number of benzene rings is 2. The minimum Gasteiger partial charge on any atom is -0.496 e. The summed E-state index contributed by atoms with van der Waals surface area (Å²) in [6.07, 6.45) is -0.229. The number of nitrogens with zero attached hydrogens (tertiary/aromatic N) is 1. The SMILES string of the molecule is COc1cccc(OC)c1C(=O)NN1C[C@H](C(=O)OCC(=O)NNC(=O)c2ccccc2Cl)CC1=O. The summed E-state index contributed by atoms with van der Waals surface area (Å²) in [6, 6.07) is 11.0. The Kier molecular flexibility index (Phi) is 8.68. The summed E-state index contributed by atoms with van der Waals surface area (Å²) in [5, 5.41) is 1.19. The Balaban J connectivity index is 1.49. The lowest BCUT2D eigenvalue weighted by molar-refractivity contribution is -0.152. The Morgan fingerprint density at radius 1 is 0.972 bits per heavy atom.